The van der Waals surface area contributed by atoms with E-state index in [1.807, 2.05) is 30.3 Å². The van der Waals surface area contributed by atoms with Crippen LogP contribution in [0.2, 0.25) is 0 Å². The van der Waals surface area contributed by atoms with Crippen molar-refractivity contribution >= 4 is 23.6 Å². The summed E-state index contributed by atoms with van der Waals surface area (Å²) in [7, 11) is 1.71. The molecule has 1 heterocycles. The van der Waals surface area contributed by atoms with E-state index in [4.69, 9.17) is 16.3 Å². The van der Waals surface area contributed by atoms with Crippen molar-refractivity contribution in [2.24, 2.45) is 0 Å². The lowest BCUT2D eigenvalue weighted by molar-refractivity contribution is -0.130. The molecule has 2 rings (SSSR count). The van der Waals surface area contributed by atoms with Crippen LogP contribution in [0.5, 0.6) is 0 Å². The second kappa shape index (κ2) is 8.03. The molecule has 0 radical (unpaired) electrons. The van der Waals surface area contributed by atoms with Crippen LogP contribution in [0, 0.1) is 0 Å². The zero-order valence-electron chi connectivity index (χ0n) is 12.7. The fourth-order valence-electron chi connectivity index (χ4n) is 2.55. The van der Waals surface area contributed by atoms with E-state index in [0.29, 0.717) is 13.1 Å². The smallest absolute Gasteiger partial charge is 0.410 e. The fourth-order valence-corrected chi connectivity index (χ4v) is 2.72. The molecule has 0 N–H and O–H groups in total. The number of piperidine rings is 1. The lowest BCUT2D eigenvalue weighted by atomic mass is 10.0. The Hall–Kier alpha value is -1.75. The predicted molar refractivity (Wildman–Crippen MR) is 84.7 cm³/mol. The molecule has 1 aromatic carbocycles. The molecule has 1 saturated heterocycles. The third kappa shape index (κ3) is 4.37. The molecule has 1 fully saturated rings. The molecule has 0 aliphatic carbocycles. The summed E-state index contributed by atoms with van der Waals surface area (Å²) < 4.78 is 5.32. The Balaban J connectivity index is 1.85. The Morgan fingerprint density at radius 3 is 2.77 bits per heavy atom. The van der Waals surface area contributed by atoms with Crippen LogP contribution in [0.4, 0.5) is 4.79 Å². The molecule has 0 unspecified atom stereocenters. The first-order chi connectivity index (χ1) is 10.6. The molecule has 0 spiro atoms. The first-order valence-electron chi connectivity index (χ1n) is 7.39. The number of rotatable bonds is 4. The number of carbonyl (C=O) groups is 2. The number of nitrogens with zero attached hydrogens (tertiary/aromatic N) is 2. The number of amides is 2. The molecule has 1 aliphatic heterocycles. The number of hydrogen-bond donors (Lipinski definition) is 0. The van der Waals surface area contributed by atoms with Crippen molar-refractivity contribution in [3.8, 4) is 0 Å². The van der Waals surface area contributed by atoms with Gasteiger partial charge >= 0.3 is 6.09 Å². The summed E-state index contributed by atoms with van der Waals surface area (Å²) in [5, 5.41) is 0. The van der Waals surface area contributed by atoms with Crippen LogP contribution in [0.25, 0.3) is 0 Å². The summed E-state index contributed by atoms with van der Waals surface area (Å²) in [5.74, 6) is -0.105. The van der Waals surface area contributed by atoms with Gasteiger partial charge < -0.3 is 14.5 Å². The normalized spacial score (nSPS) is 17.9. The Bertz CT molecular complexity index is 509. The second-order valence-corrected chi connectivity index (χ2v) is 5.69. The van der Waals surface area contributed by atoms with Gasteiger partial charge in [0.1, 0.15) is 12.5 Å². The maximum Gasteiger partial charge on any atom is 0.410 e. The van der Waals surface area contributed by atoms with Crippen LogP contribution in [0.1, 0.15) is 18.4 Å². The maximum atomic E-state index is 12.1. The zero-order chi connectivity index (χ0) is 15.9. The SMILES string of the molecule is CN(C(=O)OCc1ccccc1)[C@@H]1CCCN(C(=O)CCl)C1. The van der Waals surface area contributed by atoms with Gasteiger partial charge in [-0.05, 0) is 18.4 Å². The average molecular weight is 325 g/mol. The van der Waals surface area contributed by atoms with E-state index in [9.17, 15) is 9.59 Å². The minimum absolute atomic E-state index is 0.0190. The lowest BCUT2D eigenvalue weighted by Gasteiger charge is -2.36. The number of likely N-dealkylation sites (tertiary alicyclic amines) is 1. The van der Waals surface area contributed by atoms with Gasteiger partial charge in [-0.25, -0.2) is 4.79 Å². The van der Waals surface area contributed by atoms with Crippen molar-refractivity contribution in [2.75, 3.05) is 26.0 Å². The maximum absolute atomic E-state index is 12.1. The van der Waals surface area contributed by atoms with Gasteiger partial charge in [0.2, 0.25) is 5.91 Å². The molecule has 120 valence electrons. The van der Waals surface area contributed by atoms with E-state index in [1.165, 1.54) is 0 Å². The summed E-state index contributed by atoms with van der Waals surface area (Å²) in [4.78, 5) is 27.1. The molecule has 1 atom stereocenters. The zero-order valence-corrected chi connectivity index (χ0v) is 13.5. The highest BCUT2D eigenvalue weighted by Gasteiger charge is 2.28. The van der Waals surface area contributed by atoms with Crippen LogP contribution < -0.4 is 0 Å². The molecule has 0 aromatic heterocycles. The van der Waals surface area contributed by atoms with Crippen molar-refractivity contribution < 1.29 is 14.3 Å². The number of hydrogen-bond acceptors (Lipinski definition) is 3. The van der Waals surface area contributed by atoms with Crippen molar-refractivity contribution in [1.29, 1.82) is 0 Å². The highest BCUT2D eigenvalue weighted by molar-refractivity contribution is 6.27. The van der Waals surface area contributed by atoms with Crippen LogP contribution in [0.15, 0.2) is 30.3 Å². The Morgan fingerprint density at radius 1 is 1.36 bits per heavy atom. The molecule has 2 amide bonds. The van der Waals surface area contributed by atoms with Gasteiger partial charge in [0.15, 0.2) is 0 Å². The van der Waals surface area contributed by atoms with E-state index in [0.717, 1.165) is 18.4 Å². The van der Waals surface area contributed by atoms with Gasteiger partial charge in [-0.2, -0.15) is 0 Å². The van der Waals surface area contributed by atoms with Crippen molar-refractivity contribution in [3.05, 3.63) is 35.9 Å². The van der Waals surface area contributed by atoms with Crippen LogP contribution in [-0.4, -0.2) is 53.9 Å². The fraction of sp³-hybridized carbons (Fsp3) is 0.500. The second-order valence-electron chi connectivity index (χ2n) is 5.42. The molecular formula is C16H21ClN2O3. The average Bonchev–Trinajstić information content (AvgIpc) is 2.59. The summed E-state index contributed by atoms with van der Waals surface area (Å²) >= 11 is 5.60. The molecule has 1 aliphatic rings. The topological polar surface area (TPSA) is 49.9 Å². The molecule has 5 nitrogen and oxygen atoms in total. The highest BCUT2D eigenvalue weighted by Crippen LogP contribution is 2.16. The summed E-state index contributed by atoms with van der Waals surface area (Å²) in [5.41, 5.74) is 0.951. The Morgan fingerprint density at radius 2 is 2.09 bits per heavy atom. The van der Waals surface area contributed by atoms with E-state index >= 15 is 0 Å². The van der Waals surface area contributed by atoms with Crippen molar-refractivity contribution in [3.63, 3.8) is 0 Å². The Labute approximate surface area is 135 Å². The first-order valence-corrected chi connectivity index (χ1v) is 7.92. The standard InChI is InChI=1S/C16H21ClN2O3/c1-18(14-8-5-9-19(11-14)15(20)10-17)16(21)22-12-13-6-3-2-4-7-13/h2-4,6-7,14H,5,8-12H2,1H3/t14-/m1/s1. The minimum atomic E-state index is -0.367. The van der Waals surface area contributed by atoms with Gasteiger partial charge in [0.05, 0.1) is 6.04 Å². The molecular weight excluding hydrogens is 304 g/mol. The number of halogens is 1. The quantitative estimate of drug-likeness (QED) is 0.800. The van der Waals surface area contributed by atoms with Gasteiger partial charge in [0, 0.05) is 20.1 Å². The largest absolute Gasteiger partial charge is 0.445 e. The van der Waals surface area contributed by atoms with Crippen LogP contribution in [0.3, 0.4) is 0 Å². The summed E-state index contributed by atoms with van der Waals surface area (Å²) in [6, 6.07) is 9.53. The summed E-state index contributed by atoms with van der Waals surface area (Å²) in [6.45, 7) is 1.47. The molecule has 22 heavy (non-hydrogen) atoms. The van der Waals surface area contributed by atoms with E-state index in [-0.39, 0.29) is 30.5 Å². The Kier molecular flexibility index (Phi) is 6.07. The number of alkyl halides is 1. The number of ether oxygens (including phenoxy) is 1. The van der Waals surface area contributed by atoms with E-state index in [1.54, 1.807) is 16.8 Å². The molecule has 0 bridgehead atoms. The van der Waals surface area contributed by atoms with Crippen molar-refractivity contribution in [1.82, 2.24) is 9.80 Å². The number of likely N-dealkylation sites (N-methyl/N-ethyl adjacent to an activating group) is 1. The van der Waals surface area contributed by atoms with Crippen molar-refractivity contribution in [2.45, 2.75) is 25.5 Å². The van der Waals surface area contributed by atoms with Crippen LogP contribution >= 0.6 is 11.6 Å². The molecule has 0 saturated carbocycles. The molecule has 6 heteroatoms. The van der Waals surface area contributed by atoms with Gasteiger partial charge in [-0.15, -0.1) is 11.6 Å². The number of carbonyl (C=O) groups excluding carboxylic acids is 2. The van der Waals surface area contributed by atoms with E-state index in [2.05, 4.69) is 0 Å². The number of benzene rings is 1. The minimum Gasteiger partial charge on any atom is -0.445 e. The van der Waals surface area contributed by atoms with Crippen LogP contribution in [-0.2, 0) is 16.1 Å². The van der Waals surface area contributed by atoms with Gasteiger partial charge in [-0.3, -0.25) is 4.79 Å². The predicted octanol–water partition coefficient (Wildman–Crippen LogP) is 2.48. The highest BCUT2D eigenvalue weighted by atomic mass is 35.5. The summed E-state index contributed by atoms with van der Waals surface area (Å²) in [6.07, 6.45) is 1.36. The molecule has 1 aromatic rings. The van der Waals surface area contributed by atoms with Gasteiger partial charge in [0.25, 0.3) is 0 Å². The third-order valence-electron chi connectivity index (χ3n) is 3.90. The third-order valence-corrected chi connectivity index (χ3v) is 4.13. The van der Waals surface area contributed by atoms with Gasteiger partial charge in [-0.1, -0.05) is 30.3 Å². The monoisotopic (exact) mass is 324 g/mol. The van der Waals surface area contributed by atoms with E-state index < -0.39 is 0 Å². The first kappa shape index (κ1) is 16.6. The lowest BCUT2D eigenvalue weighted by Crippen LogP contribution is -2.50.